The highest BCUT2D eigenvalue weighted by Gasteiger charge is 2.40. The summed E-state index contributed by atoms with van der Waals surface area (Å²) in [6, 6.07) is -0.572. The van der Waals surface area contributed by atoms with Gasteiger partial charge in [-0.05, 0) is 13.3 Å². The van der Waals surface area contributed by atoms with Gasteiger partial charge < -0.3 is 5.73 Å². The van der Waals surface area contributed by atoms with Crippen molar-refractivity contribution < 1.29 is 16.8 Å². The Morgan fingerprint density at radius 2 is 2.11 bits per heavy atom. The van der Waals surface area contributed by atoms with Crippen molar-refractivity contribution in [3.8, 4) is 0 Å². The molecule has 0 aliphatic carbocycles. The summed E-state index contributed by atoms with van der Waals surface area (Å²) in [7, 11) is -6.82. The second-order valence-electron chi connectivity index (χ2n) is 4.42. The van der Waals surface area contributed by atoms with Crippen molar-refractivity contribution in [3.63, 3.8) is 0 Å². The lowest BCUT2D eigenvalue weighted by Gasteiger charge is -2.34. The highest BCUT2D eigenvalue weighted by molar-refractivity contribution is 7.93. The van der Waals surface area contributed by atoms with Crippen LogP contribution in [0, 0.1) is 0 Å². The van der Waals surface area contributed by atoms with Crippen molar-refractivity contribution in [1.29, 1.82) is 0 Å². The lowest BCUT2D eigenvalue weighted by molar-refractivity contribution is 0.354. The molecule has 0 aromatic carbocycles. The molecule has 18 heavy (non-hydrogen) atoms. The molecule has 6 nitrogen and oxygen atoms in total. The summed E-state index contributed by atoms with van der Waals surface area (Å²) in [6.07, 6.45) is 0.285. The maximum Gasteiger partial charge on any atom is 0.223 e. The Bertz CT molecular complexity index is 526. The Morgan fingerprint density at radius 1 is 1.56 bits per heavy atom. The van der Waals surface area contributed by atoms with E-state index in [-0.39, 0.29) is 29.5 Å². The van der Waals surface area contributed by atoms with Gasteiger partial charge in [0, 0.05) is 12.6 Å². The molecule has 2 unspecified atom stereocenters. The number of sulfonamides is 1. The molecule has 0 radical (unpaired) electrons. The number of thiocarbonyl (C=S) groups is 1. The molecular weight excluding hydrogens is 296 g/mol. The molecule has 1 aliphatic rings. The third-order valence-electron chi connectivity index (χ3n) is 2.98. The lowest BCUT2D eigenvalue weighted by Crippen LogP contribution is -2.54. The molecular formula is C9H18N2O4S3. The molecule has 0 saturated carbocycles. The van der Waals surface area contributed by atoms with E-state index in [9.17, 15) is 16.8 Å². The fraction of sp³-hybridized carbons (Fsp3) is 0.889. The summed E-state index contributed by atoms with van der Waals surface area (Å²) >= 11 is 4.77. The van der Waals surface area contributed by atoms with Gasteiger partial charge in [0.05, 0.1) is 16.5 Å². The van der Waals surface area contributed by atoms with Gasteiger partial charge in [-0.1, -0.05) is 19.1 Å². The maximum atomic E-state index is 12.3. The van der Waals surface area contributed by atoms with Gasteiger partial charge in [-0.15, -0.1) is 0 Å². The van der Waals surface area contributed by atoms with Crippen molar-refractivity contribution in [3.05, 3.63) is 0 Å². The summed E-state index contributed by atoms with van der Waals surface area (Å²) in [4.78, 5) is -0.0712. The van der Waals surface area contributed by atoms with Crippen LogP contribution < -0.4 is 5.73 Å². The van der Waals surface area contributed by atoms with Gasteiger partial charge in [0.2, 0.25) is 10.0 Å². The zero-order valence-corrected chi connectivity index (χ0v) is 12.8. The van der Waals surface area contributed by atoms with E-state index in [0.717, 1.165) is 0 Å². The minimum atomic E-state index is -3.67. The van der Waals surface area contributed by atoms with Crippen molar-refractivity contribution >= 4 is 37.1 Å². The first-order chi connectivity index (χ1) is 8.12. The molecule has 0 amide bonds. The number of hydrogen-bond acceptors (Lipinski definition) is 5. The molecule has 1 fully saturated rings. The average Bonchev–Trinajstić information content (AvgIpc) is 2.14. The molecule has 0 spiro atoms. The quantitative estimate of drug-likeness (QED) is 0.703. The van der Waals surface area contributed by atoms with E-state index in [1.165, 1.54) is 4.31 Å². The molecule has 9 heteroatoms. The van der Waals surface area contributed by atoms with E-state index < -0.39 is 31.2 Å². The number of sulfone groups is 1. The van der Waals surface area contributed by atoms with E-state index in [0.29, 0.717) is 0 Å². The van der Waals surface area contributed by atoms with Crippen molar-refractivity contribution in [1.82, 2.24) is 4.31 Å². The second kappa shape index (κ2) is 5.40. The van der Waals surface area contributed by atoms with Gasteiger partial charge in [-0.2, -0.15) is 4.31 Å². The predicted molar refractivity (Wildman–Crippen MR) is 74.6 cm³/mol. The van der Waals surface area contributed by atoms with Crippen LogP contribution in [0.15, 0.2) is 0 Å². The molecule has 106 valence electrons. The highest BCUT2D eigenvalue weighted by atomic mass is 32.2. The maximum absolute atomic E-state index is 12.3. The largest absolute Gasteiger partial charge is 0.392 e. The molecule has 1 rings (SSSR count). The van der Waals surface area contributed by atoms with Gasteiger partial charge in [0.25, 0.3) is 0 Å². The monoisotopic (exact) mass is 314 g/mol. The van der Waals surface area contributed by atoms with E-state index in [2.05, 4.69) is 0 Å². The minimum Gasteiger partial charge on any atom is -0.392 e. The first-order valence-electron chi connectivity index (χ1n) is 5.62. The van der Waals surface area contributed by atoms with E-state index in [1.807, 2.05) is 0 Å². The second-order valence-corrected chi connectivity index (χ2v) is 9.19. The Balaban J connectivity index is 3.04. The number of hydrogen-bond donors (Lipinski definition) is 1. The topological polar surface area (TPSA) is 97.5 Å². The molecule has 1 aliphatic heterocycles. The zero-order valence-electron chi connectivity index (χ0n) is 10.4. The van der Waals surface area contributed by atoms with Gasteiger partial charge in [0.1, 0.15) is 5.25 Å². The van der Waals surface area contributed by atoms with E-state index in [1.54, 1.807) is 13.8 Å². The van der Waals surface area contributed by atoms with Crippen LogP contribution in [0.2, 0.25) is 0 Å². The molecule has 0 aromatic rings. The Morgan fingerprint density at radius 3 is 2.50 bits per heavy atom. The van der Waals surface area contributed by atoms with Crippen LogP contribution in [-0.2, 0) is 19.9 Å². The van der Waals surface area contributed by atoms with Crippen LogP contribution in [0.3, 0.4) is 0 Å². The smallest absolute Gasteiger partial charge is 0.223 e. The van der Waals surface area contributed by atoms with Crippen molar-refractivity contribution in [2.45, 2.75) is 31.6 Å². The SMILES string of the molecule is CCC(C(N)=S)S(=O)(=O)N1CCS(=O)(=O)CC1C. The van der Waals surface area contributed by atoms with Gasteiger partial charge in [0.15, 0.2) is 9.84 Å². The van der Waals surface area contributed by atoms with Gasteiger partial charge in [-0.3, -0.25) is 0 Å². The fourth-order valence-electron chi connectivity index (χ4n) is 2.08. The first kappa shape index (κ1) is 15.8. The highest BCUT2D eigenvalue weighted by Crippen LogP contribution is 2.20. The molecule has 0 aromatic heterocycles. The predicted octanol–water partition coefficient (Wildman–Crippen LogP) is -0.500. The summed E-state index contributed by atoms with van der Waals surface area (Å²) in [5.74, 6) is -0.301. The summed E-state index contributed by atoms with van der Waals surface area (Å²) in [5, 5.41) is -0.921. The number of nitrogens with two attached hydrogens (primary N) is 1. The first-order valence-corrected chi connectivity index (χ1v) is 9.35. The molecule has 1 heterocycles. The Hall–Kier alpha value is -0.250. The summed E-state index contributed by atoms with van der Waals surface area (Å²) < 4.78 is 48.8. The van der Waals surface area contributed by atoms with Crippen LogP contribution in [-0.4, -0.2) is 55.5 Å². The van der Waals surface area contributed by atoms with Crippen LogP contribution in [0.5, 0.6) is 0 Å². The summed E-state index contributed by atoms with van der Waals surface area (Å²) in [5.41, 5.74) is 5.45. The molecule has 2 N–H and O–H groups in total. The Labute approximate surface area is 113 Å². The summed E-state index contributed by atoms with van der Waals surface area (Å²) in [6.45, 7) is 3.25. The van der Waals surface area contributed by atoms with E-state index >= 15 is 0 Å². The van der Waals surface area contributed by atoms with Crippen LogP contribution >= 0.6 is 12.2 Å². The average molecular weight is 314 g/mol. The van der Waals surface area contributed by atoms with Crippen LogP contribution in [0.1, 0.15) is 20.3 Å². The standard InChI is InChI=1S/C9H18N2O4S3/c1-3-8(9(10)16)18(14,15)11-4-5-17(12,13)6-7(11)2/h7-8H,3-6H2,1-2H3,(H2,10,16). The van der Waals surface area contributed by atoms with Gasteiger partial charge in [-0.25, -0.2) is 16.8 Å². The third kappa shape index (κ3) is 3.19. The lowest BCUT2D eigenvalue weighted by atomic mass is 10.3. The fourth-order valence-corrected chi connectivity index (χ4v) is 6.34. The van der Waals surface area contributed by atoms with Gasteiger partial charge >= 0.3 is 0 Å². The zero-order chi connectivity index (χ0) is 14.1. The number of rotatable bonds is 4. The molecule has 1 saturated heterocycles. The van der Waals surface area contributed by atoms with Crippen molar-refractivity contribution in [2.75, 3.05) is 18.1 Å². The molecule has 0 bridgehead atoms. The number of nitrogens with zero attached hydrogens (tertiary/aromatic N) is 1. The Kier molecular flexibility index (Phi) is 4.74. The van der Waals surface area contributed by atoms with Crippen LogP contribution in [0.4, 0.5) is 0 Å². The van der Waals surface area contributed by atoms with Crippen LogP contribution in [0.25, 0.3) is 0 Å². The normalized spacial score (nSPS) is 26.7. The third-order valence-corrected chi connectivity index (χ3v) is 7.72. The van der Waals surface area contributed by atoms with E-state index in [4.69, 9.17) is 18.0 Å². The minimum absolute atomic E-state index is 0.0229. The van der Waals surface area contributed by atoms with Crippen molar-refractivity contribution in [2.24, 2.45) is 5.73 Å². The molecule has 2 atom stereocenters.